The molecule has 0 aliphatic carbocycles. The highest BCUT2D eigenvalue weighted by Gasteiger charge is 2.05. The normalized spacial score (nSPS) is 11.5. The Morgan fingerprint density at radius 3 is 2.48 bits per heavy atom. The van der Waals surface area contributed by atoms with Gasteiger partial charge in [-0.1, -0.05) is 13.5 Å². The standard InChI is InChI=1S/C18H30NO4/c1-5-11-19(12-6-2)13-9-7-8-10-17(20)22-14-15-23-18(21)16(3)4/h5,11,13H,3,6-10,12,14-15H2,1-2,4H3/q+1/b11-5-,19-13?. The molecule has 0 N–H and O–H groups in total. The van der Waals surface area contributed by atoms with Gasteiger partial charge in [0.1, 0.15) is 26.0 Å². The van der Waals surface area contributed by atoms with Gasteiger partial charge in [-0.2, -0.15) is 0 Å². The number of allylic oxidation sites excluding steroid dienone is 1. The quantitative estimate of drug-likeness (QED) is 0.182. The summed E-state index contributed by atoms with van der Waals surface area (Å²) in [5.41, 5.74) is 0.336. The van der Waals surface area contributed by atoms with E-state index in [1.807, 2.05) is 13.0 Å². The average Bonchev–Trinajstić information content (AvgIpc) is 2.51. The van der Waals surface area contributed by atoms with E-state index in [0.717, 1.165) is 32.2 Å². The first-order valence-electron chi connectivity index (χ1n) is 8.21. The zero-order valence-electron chi connectivity index (χ0n) is 14.7. The summed E-state index contributed by atoms with van der Waals surface area (Å²) in [6, 6.07) is 0. The monoisotopic (exact) mass is 324 g/mol. The molecule has 0 saturated heterocycles. The molecule has 23 heavy (non-hydrogen) atoms. The molecule has 0 aromatic rings. The van der Waals surface area contributed by atoms with E-state index in [1.165, 1.54) is 0 Å². The van der Waals surface area contributed by atoms with Gasteiger partial charge in [-0.15, -0.1) is 0 Å². The number of esters is 2. The largest absolute Gasteiger partial charge is 0.462 e. The van der Waals surface area contributed by atoms with Crippen LogP contribution in [0.5, 0.6) is 0 Å². The van der Waals surface area contributed by atoms with Crippen molar-refractivity contribution >= 4 is 18.2 Å². The van der Waals surface area contributed by atoms with E-state index in [0.29, 0.717) is 12.0 Å². The molecule has 0 atom stereocenters. The van der Waals surface area contributed by atoms with E-state index in [4.69, 9.17) is 9.47 Å². The van der Waals surface area contributed by atoms with Crippen LogP contribution in [0.15, 0.2) is 24.4 Å². The highest BCUT2D eigenvalue weighted by Crippen LogP contribution is 2.01. The lowest BCUT2D eigenvalue weighted by molar-refractivity contribution is -0.453. The molecule has 0 saturated carbocycles. The van der Waals surface area contributed by atoms with Crippen LogP contribution in [0.1, 0.15) is 52.9 Å². The molecule has 5 nitrogen and oxygen atoms in total. The van der Waals surface area contributed by atoms with Gasteiger partial charge >= 0.3 is 11.9 Å². The third kappa shape index (κ3) is 12.3. The maximum absolute atomic E-state index is 11.5. The summed E-state index contributed by atoms with van der Waals surface area (Å²) in [7, 11) is 0. The lowest BCUT2D eigenvalue weighted by Gasteiger charge is -2.05. The molecule has 0 heterocycles. The molecule has 130 valence electrons. The van der Waals surface area contributed by atoms with Crippen molar-refractivity contribution in [3.8, 4) is 0 Å². The second-order valence-electron chi connectivity index (χ2n) is 5.29. The number of hydrogen-bond donors (Lipinski definition) is 0. The Labute approximate surface area is 139 Å². The Balaban J connectivity index is 3.72. The fourth-order valence-corrected chi connectivity index (χ4v) is 1.83. The number of carbonyl (C=O) groups is 2. The van der Waals surface area contributed by atoms with E-state index < -0.39 is 5.97 Å². The maximum Gasteiger partial charge on any atom is 0.333 e. The summed E-state index contributed by atoms with van der Waals surface area (Å²) in [6.45, 7) is 10.4. The lowest BCUT2D eigenvalue weighted by Crippen LogP contribution is -2.14. The van der Waals surface area contributed by atoms with E-state index in [9.17, 15) is 9.59 Å². The first-order chi connectivity index (χ1) is 11.0. The number of ether oxygens (including phenoxy) is 2. The van der Waals surface area contributed by atoms with Gasteiger partial charge in [0.25, 0.3) is 0 Å². The minimum Gasteiger partial charge on any atom is -0.462 e. The van der Waals surface area contributed by atoms with Gasteiger partial charge in [0.2, 0.25) is 0 Å². The number of nitrogens with zero attached hydrogens (tertiary/aromatic N) is 1. The molecule has 0 radical (unpaired) electrons. The van der Waals surface area contributed by atoms with E-state index in [-0.39, 0.29) is 19.2 Å². The molecule has 5 heteroatoms. The van der Waals surface area contributed by atoms with Crippen molar-refractivity contribution in [3.05, 3.63) is 24.4 Å². The Morgan fingerprint density at radius 2 is 1.87 bits per heavy atom. The Kier molecular flexibility index (Phi) is 12.6. The van der Waals surface area contributed by atoms with Gasteiger partial charge in [0, 0.05) is 24.8 Å². The molecule has 0 aliphatic rings. The molecule has 0 unspecified atom stereocenters. The predicted molar refractivity (Wildman–Crippen MR) is 91.5 cm³/mol. The molecule has 0 bridgehead atoms. The average molecular weight is 324 g/mol. The molecule has 0 aromatic heterocycles. The van der Waals surface area contributed by atoms with E-state index >= 15 is 0 Å². The zero-order chi connectivity index (χ0) is 17.5. The maximum atomic E-state index is 11.5. The first-order valence-corrected chi connectivity index (χ1v) is 8.21. The van der Waals surface area contributed by atoms with Gasteiger partial charge in [0.05, 0.1) is 0 Å². The van der Waals surface area contributed by atoms with Crippen molar-refractivity contribution in [2.24, 2.45) is 0 Å². The topological polar surface area (TPSA) is 55.6 Å². The van der Waals surface area contributed by atoms with Crippen molar-refractivity contribution < 1.29 is 23.6 Å². The Bertz CT molecular complexity index is 438. The molecule has 0 rings (SSSR count). The summed E-state index contributed by atoms with van der Waals surface area (Å²) in [5, 5.41) is 0. The summed E-state index contributed by atoms with van der Waals surface area (Å²) in [6.07, 6.45) is 10.4. The van der Waals surface area contributed by atoms with Crippen LogP contribution in [0.2, 0.25) is 0 Å². The van der Waals surface area contributed by atoms with Crippen LogP contribution in [0.3, 0.4) is 0 Å². The van der Waals surface area contributed by atoms with Crippen LogP contribution in [-0.4, -0.2) is 42.5 Å². The summed E-state index contributed by atoms with van der Waals surface area (Å²) in [4.78, 5) is 22.6. The number of rotatable bonds is 12. The molecule has 0 fully saturated rings. The lowest BCUT2D eigenvalue weighted by atomic mass is 10.2. The summed E-state index contributed by atoms with van der Waals surface area (Å²) in [5.74, 6) is -0.718. The summed E-state index contributed by atoms with van der Waals surface area (Å²) < 4.78 is 12.0. The van der Waals surface area contributed by atoms with Gasteiger partial charge < -0.3 is 9.47 Å². The van der Waals surface area contributed by atoms with Crippen LogP contribution in [0.25, 0.3) is 0 Å². The number of hydrogen-bond acceptors (Lipinski definition) is 4. The summed E-state index contributed by atoms with van der Waals surface area (Å²) >= 11 is 0. The third-order valence-electron chi connectivity index (χ3n) is 2.95. The minimum atomic E-state index is -0.464. The Hall–Kier alpha value is -1.91. The van der Waals surface area contributed by atoms with E-state index in [1.54, 1.807) is 6.92 Å². The van der Waals surface area contributed by atoms with Gasteiger partial charge in [-0.25, -0.2) is 9.37 Å². The minimum absolute atomic E-state index is 0.0700. The van der Waals surface area contributed by atoms with Gasteiger partial charge in [-0.3, -0.25) is 4.79 Å². The molecular formula is C18H30NO4+. The third-order valence-corrected chi connectivity index (χ3v) is 2.95. The molecule has 0 spiro atoms. The fourth-order valence-electron chi connectivity index (χ4n) is 1.83. The van der Waals surface area contributed by atoms with Crippen LogP contribution < -0.4 is 0 Å². The zero-order valence-corrected chi connectivity index (χ0v) is 14.7. The second kappa shape index (κ2) is 13.7. The number of carbonyl (C=O) groups excluding carboxylic acids is 2. The molecule has 0 amide bonds. The van der Waals surface area contributed by atoms with Crippen molar-refractivity contribution in [2.45, 2.75) is 52.9 Å². The fraction of sp³-hybridized carbons (Fsp3) is 0.611. The van der Waals surface area contributed by atoms with Crippen molar-refractivity contribution in [3.63, 3.8) is 0 Å². The smallest absolute Gasteiger partial charge is 0.333 e. The van der Waals surface area contributed by atoms with Crippen LogP contribution in [-0.2, 0) is 19.1 Å². The molecule has 0 aromatic carbocycles. The molecular weight excluding hydrogens is 294 g/mol. The predicted octanol–water partition coefficient (Wildman–Crippen LogP) is 3.24. The highest BCUT2D eigenvalue weighted by molar-refractivity contribution is 5.86. The van der Waals surface area contributed by atoms with Gasteiger partial charge in [0.15, 0.2) is 6.20 Å². The van der Waals surface area contributed by atoms with Crippen LogP contribution in [0, 0.1) is 0 Å². The van der Waals surface area contributed by atoms with E-state index in [2.05, 4.69) is 30.5 Å². The highest BCUT2D eigenvalue weighted by atomic mass is 16.6. The van der Waals surface area contributed by atoms with Crippen LogP contribution in [0.4, 0.5) is 0 Å². The van der Waals surface area contributed by atoms with Gasteiger partial charge in [-0.05, 0) is 32.8 Å². The number of unbranched alkanes of at least 4 members (excludes halogenated alkanes) is 2. The van der Waals surface area contributed by atoms with Crippen LogP contribution >= 0.6 is 0 Å². The second-order valence-corrected chi connectivity index (χ2v) is 5.29. The first kappa shape index (κ1) is 21.1. The van der Waals surface area contributed by atoms with Crippen molar-refractivity contribution in [2.75, 3.05) is 19.8 Å². The molecule has 0 aliphatic heterocycles. The SMILES string of the molecule is C=C(C)C(=O)OCCOC(=O)CCCCC=[N+](/C=C\C)CCC. The Morgan fingerprint density at radius 1 is 1.17 bits per heavy atom. The van der Waals surface area contributed by atoms with Crippen molar-refractivity contribution in [1.82, 2.24) is 0 Å². The van der Waals surface area contributed by atoms with Crippen molar-refractivity contribution in [1.29, 1.82) is 0 Å².